The van der Waals surface area contributed by atoms with Crippen LogP contribution in [0.5, 0.6) is 0 Å². The van der Waals surface area contributed by atoms with Gasteiger partial charge in [-0.15, -0.1) is 0 Å². The van der Waals surface area contributed by atoms with Gasteiger partial charge in [-0.05, 0) is 43.4 Å². The number of carbonyl (C=O) groups excluding carboxylic acids is 1. The van der Waals surface area contributed by atoms with Gasteiger partial charge in [0.15, 0.2) is 0 Å². The average molecular weight is 259 g/mol. The second kappa shape index (κ2) is 4.76. The number of hydrogen-bond donors (Lipinski definition) is 2. The Bertz CT molecular complexity index is 500. The average Bonchev–Trinajstić information content (AvgIpc) is 2.82. The molecule has 1 saturated heterocycles. The lowest BCUT2D eigenvalue weighted by atomic mass is 9.85. The molecule has 1 aliphatic heterocycles. The van der Waals surface area contributed by atoms with E-state index in [9.17, 15) is 4.79 Å². The molecule has 1 saturated carbocycles. The monoisotopic (exact) mass is 259 g/mol. The maximum Gasteiger partial charge on any atom is 0.256 e. The van der Waals surface area contributed by atoms with Crippen LogP contribution in [0.3, 0.4) is 0 Å². The topological polar surface area (TPSA) is 72.4 Å². The van der Waals surface area contributed by atoms with Crippen LogP contribution >= 0.6 is 0 Å². The van der Waals surface area contributed by atoms with Crippen molar-refractivity contribution >= 4 is 17.3 Å². The van der Waals surface area contributed by atoms with Crippen molar-refractivity contribution in [2.24, 2.45) is 5.92 Å². The lowest BCUT2D eigenvalue weighted by Gasteiger charge is -2.32. The molecule has 4 heteroatoms. The molecule has 1 aliphatic carbocycles. The van der Waals surface area contributed by atoms with Crippen LogP contribution in [0.25, 0.3) is 0 Å². The van der Waals surface area contributed by atoms with Gasteiger partial charge in [0.1, 0.15) is 0 Å². The normalized spacial score (nSPS) is 26.2. The number of anilines is 2. The third-order valence-corrected chi connectivity index (χ3v) is 4.58. The molecule has 0 spiro atoms. The van der Waals surface area contributed by atoms with Crippen LogP contribution in [0.1, 0.15) is 42.5 Å². The zero-order chi connectivity index (χ0) is 13.4. The number of hydrogen-bond acceptors (Lipinski definition) is 3. The van der Waals surface area contributed by atoms with Crippen molar-refractivity contribution in [2.45, 2.75) is 38.1 Å². The van der Waals surface area contributed by atoms with E-state index in [0.717, 1.165) is 19.4 Å². The number of likely N-dealkylation sites (tertiary alicyclic amines) is 1. The summed E-state index contributed by atoms with van der Waals surface area (Å²) in [6.45, 7) is 0.873. The van der Waals surface area contributed by atoms with Crippen molar-refractivity contribution < 1.29 is 4.79 Å². The molecule has 2 atom stereocenters. The van der Waals surface area contributed by atoms with Crippen molar-refractivity contribution in [3.8, 4) is 0 Å². The highest BCUT2D eigenvalue weighted by Gasteiger charge is 2.38. The van der Waals surface area contributed by atoms with Crippen molar-refractivity contribution in [3.05, 3.63) is 23.8 Å². The molecule has 2 fully saturated rings. The summed E-state index contributed by atoms with van der Waals surface area (Å²) in [5.74, 6) is 0.777. The maximum atomic E-state index is 12.6. The molecular weight excluding hydrogens is 238 g/mol. The second-order valence-electron chi connectivity index (χ2n) is 5.75. The second-order valence-corrected chi connectivity index (χ2v) is 5.75. The van der Waals surface area contributed by atoms with Gasteiger partial charge in [-0.3, -0.25) is 4.79 Å². The number of nitrogen functional groups attached to an aromatic ring is 2. The molecule has 102 valence electrons. The first-order chi connectivity index (χ1) is 9.16. The van der Waals surface area contributed by atoms with Gasteiger partial charge in [-0.25, -0.2) is 0 Å². The standard InChI is InChI=1S/C15H21N3O/c16-11-5-6-12(13(17)9-11)15(19)18-8-7-10-3-1-2-4-14(10)18/h5-6,9-10,14H,1-4,7-8,16-17H2. The Labute approximate surface area is 113 Å². The number of rotatable bonds is 1. The van der Waals surface area contributed by atoms with Crippen LogP contribution in [0.4, 0.5) is 11.4 Å². The summed E-state index contributed by atoms with van der Waals surface area (Å²) in [5, 5.41) is 0. The Balaban J connectivity index is 1.83. The number of fused-ring (bicyclic) bond motifs is 1. The highest BCUT2D eigenvalue weighted by Crippen LogP contribution is 2.37. The van der Waals surface area contributed by atoms with Gasteiger partial charge < -0.3 is 16.4 Å². The number of carbonyl (C=O) groups is 1. The zero-order valence-electron chi connectivity index (χ0n) is 11.1. The molecule has 19 heavy (non-hydrogen) atoms. The molecule has 3 rings (SSSR count). The lowest BCUT2D eigenvalue weighted by molar-refractivity contribution is 0.0691. The van der Waals surface area contributed by atoms with Crippen molar-refractivity contribution in [1.82, 2.24) is 4.90 Å². The van der Waals surface area contributed by atoms with Gasteiger partial charge in [-0.2, -0.15) is 0 Å². The van der Waals surface area contributed by atoms with E-state index in [0.29, 0.717) is 28.9 Å². The highest BCUT2D eigenvalue weighted by atomic mass is 16.2. The smallest absolute Gasteiger partial charge is 0.256 e. The van der Waals surface area contributed by atoms with E-state index >= 15 is 0 Å². The number of nitrogens with two attached hydrogens (primary N) is 2. The van der Waals surface area contributed by atoms with E-state index in [1.807, 2.05) is 4.90 Å². The summed E-state index contributed by atoms with van der Waals surface area (Å²) >= 11 is 0. The van der Waals surface area contributed by atoms with Crippen molar-refractivity contribution in [1.29, 1.82) is 0 Å². The van der Waals surface area contributed by atoms with Crippen LogP contribution in [-0.2, 0) is 0 Å². The Hall–Kier alpha value is -1.71. The molecule has 1 heterocycles. The third kappa shape index (κ3) is 2.15. The molecule has 1 aromatic carbocycles. The highest BCUT2D eigenvalue weighted by molar-refractivity contribution is 6.00. The van der Waals surface area contributed by atoms with E-state index in [2.05, 4.69) is 0 Å². The maximum absolute atomic E-state index is 12.6. The molecule has 2 unspecified atom stereocenters. The van der Waals surface area contributed by atoms with E-state index in [1.54, 1.807) is 18.2 Å². The molecule has 0 aromatic heterocycles. The van der Waals surface area contributed by atoms with E-state index < -0.39 is 0 Å². The van der Waals surface area contributed by atoms with Gasteiger partial charge in [-0.1, -0.05) is 12.8 Å². The van der Waals surface area contributed by atoms with E-state index in [-0.39, 0.29) is 5.91 Å². The first-order valence-corrected chi connectivity index (χ1v) is 7.13. The van der Waals surface area contributed by atoms with Gasteiger partial charge in [0, 0.05) is 24.0 Å². The largest absolute Gasteiger partial charge is 0.399 e. The minimum Gasteiger partial charge on any atom is -0.399 e. The van der Waals surface area contributed by atoms with Crippen LogP contribution in [0.2, 0.25) is 0 Å². The fraction of sp³-hybridized carbons (Fsp3) is 0.533. The summed E-state index contributed by atoms with van der Waals surface area (Å²) in [5.41, 5.74) is 13.3. The fourth-order valence-corrected chi connectivity index (χ4v) is 3.59. The summed E-state index contributed by atoms with van der Waals surface area (Å²) in [6.07, 6.45) is 6.11. The Morgan fingerprint density at radius 3 is 2.74 bits per heavy atom. The number of nitrogens with zero attached hydrogens (tertiary/aromatic N) is 1. The summed E-state index contributed by atoms with van der Waals surface area (Å²) in [4.78, 5) is 14.7. The minimum absolute atomic E-state index is 0.0758. The quantitative estimate of drug-likeness (QED) is 0.760. The molecule has 1 aromatic rings. The molecule has 2 aliphatic rings. The van der Waals surface area contributed by atoms with E-state index in [1.165, 1.54) is 19.3 Å². The van der Waals surface area contributed by atoms with Crippen LogP contribution in [-0.4, -0.2) is 23.4 Å². The van der Waals surface area contributed by atoms with Crippen molar-refractivity contribution in [2.75, 3.05) is 18.0 Å². The molecule has 0 bridgehead atoms. The molecule has 1 amide bonds. The third-order valence-electron chi connectivity index (χ3n) is 4.58. The SMILES string of the molecule is Nc1ccc(C(=O)N2CCC3CCCCC32)c(N)c1. The number of benzene rings is 1. The van der Waals surface area contributed by atoms with Gasteiger partial charge >= 0.3 is 0 Å². The summed E-state index contributed by atoms with van der Waals surface area (Å²) < 4.78 is 0. The summed E-state index contributed by atoms with van der Waals surface area (Å²) in [7, 11) is 0. The number of amides is 1. The fourth-order valence-electron chi connectivity index (χ4n) is 3.59. The van der Waals surface area contributed by atoms with Gasteiger partial charge in [0.05, 0.1) is 5.56 Å². The predicted octanol–water partition coefficient (Wildman–Crippen LogP) is 2.26. The van der Waals surface area contributed by atoms with Crippen LogP contribution < -0.4 is 11.5 Å². The van der Waals surface area contributed by atoms with Crippen molar-refractivity contribution in [3.63, 3.8) is 0 Å². The zero-order valence-corrected chi connectivity index (χ0v) is 11.1. The summed E-state index contributed by atoms with van der Waals surface area (Å²) in [6, 6.07) is 5.60. The Morgan fingerprint density at radius 2 is 1.95 bits per heavy atom. The molecular formula is C15H21N3O. The lowest BCUT2D eigenvalue weighted by Crippen LogP contribution is -2.39. The molecule has 4 N–H and O–H groups in total. The Kier molecular flexibility index (Phi) is 3.09. The Morgan fingerprint density at radius 1 is 1.16 bits per heavy atom. The minimum atomic E-state index is 0.0758. The van der Waals surface area contributed by atoms with Gasteiger partial charge in [0.2, 0.25) is 0 Å². The van der Waals surface area contributed by atoms with Gasteiger partial charge in [0.25, 0.3) is 5.91 Å². The molecule has 0 radical (unpaired) electrons. The predicted molar refractivity (Wildman–Crippen MR) is 76.7 cm³/mol. The first kappa shape index (κ1) is 12.3. The van der Waals surface area contributed by atoms with Crippen LogP contribution in [0, 0.1) is 5.92 Å². The first-order valence-electron chi connectivity index (χ1n) is 7.13. The van der Waals surface area contributed by atoms with E-state index in [4.69, 9.17) is 11.5 Å². The van der Waals surface area contributed by atoms with Crippen LogP contribution in [0.15, 0.2) is 18.2 Å². The molecule has 4 nitrogen and oxygen atoms in total.